The Morgan fingerprint density at radius 3 is 1.14 bits per heavy atom. The molecule has 17 heteroatoms. The van der Waals surface area contributed by atoms with Gasteiger partial charge in [0.05, 0.1) is 28.4 Å². The number of halogens is 2. The van der Waals surface area contributed by atoms with Crippen LogP contribution in [0, 0.1) is 27.7 Å². The second-order valence-electron chi connectivity index (χ2n) is 13.0. The predicted molar refractivity (Wildman–Crippen MR) is 259 cm³/mol. The quantitative estimate of drug-likeness (QED) is 0.0193. The summed E-state index contributed by atoms with van der Waals surface area (Å²) in [6.45, 7) is 7.56. The number of methoxy groups -OCH3 is 4. The normalized spacial score (nSPS) is 10.5. The van der Waals surface area contributed by atoms with Crippen LogP contribution in [0.15, 0.2) is 141 Å². The predicted octanol–water partition coefficient (Wildman–Crippen LogP) is 9.08. The lowest BCUT2D eigenvalue weighted by Gasteiger charge is -2.07. The number of carbonyl (C=O) groups is 5. The third kappa shape index (κ3) is 18.6. The summed E-state index contributed by atoms with van der Waals surface area (Å²) in [5, 5.41) is 19.6. The number of ketones is 1. The summed E-state index contributed by atoms with van der Waals surface area (Å²) in [4.78, 5) is 65.6. The average Bonchev–Trinajstić information content (AvgIpc) is 3.34. The molecular weight excluding hydrogens is 982 g/mol. The molecule has 1 N–H and O–H groups in total. The molecule has 5 rings (SSSR count). The molecule has 0 saturated carbocycles. The van der Waals surface area contributed by atoms with Crippen molar-refractivity contribution in [2.45, 2.75) is 33.0 Å². The van der Waals surface area contributed by atoms with Crippen molar-refractivity contribution in [2.75, 3.05) is 42.7 Å². The molecule has 0 aromatic heterocycles. The maximum absolute atomic E-state index is 11.5. The molecule has 0 amide bonds. The summed E-state index contributed by atoms with van der Waals surface area (Å²) >= 11 is 6.75. The molecule has 15 nitrogen and oxygen atoms in total. The minimum Gasteiger partial charge on any atom is -0.464 e. The number of Topliss-reactive ketones (excluding diaryl/α,β-unsaturated/α-hetero) is 1. The van der Waals surface area contributed by atoms with Crippen LogP contribution < -0.4 is 0 Å². The summed E-state index contributed by atoms with van der Waals surface area (Å²) < 4.78 is 19.3. The zero-order valence-corrected chi connectivity index (χ0v) is 41.5. The van der Waals surface area contributed by atoms with Gasteiger partial charge in [-0.05, 0) is 61.6 Å². The molecule has 0 aliphatic heterocycles. The Hall–Kier alpha value is -6.98. The molecule has 5 aromatic carbocycles. The van der Waals surface area contributed by atoms with Gasteiger partial charge in [-0.15, -0.1) is 0 Å². The molecule has 0 aliphatic rings. The van der Waals surface area contributed by atoms with Gasteiger partial charge in [0.1, 0.15) is 14.2 Å². The first-order chi connectivity index (χ1) is 31.6. The number of ether oxygens (including phenoxy) is 4. The Morgan fingerprint density at radius 2 is 0.788 bits per heavy atom. The summed E-state index contributed by atoms with van der Waals surface area (Å²) in [5.41, 5.74) is 7.46. The van der Waals surface area contributed by atoms with Crippen LogP contribution in [0.3, 0.4) is 0 Å². The number of hydrogen-bond donors (Lipinski definition) is 1. The van der Waals surface area contributed by atoms with E-state index in [1.165, 1.54) is 52.7 Å². The highest BCUT2D eigenvalue weighted by molar-refractivity contribution is 9.10. The Balaban J connectivity index is 0.000000418. The fourth-order valence-electron chi connectivity index (χ4n) is 5.20. The molecule has 0 bridgehead atoms. The van der Waals surface area contributed by atoms with Gasteiger partial charge in [0.25, 0.3) is 5.78 Å². The summed E-state index contributed by atoms with van der Waals surface area (Å²) in [6.07, 6.45) is 0. The van der Waals surface area contributed by atoms with Crippen LogP contribution in [0.2, 0.25) is 0 Å². The maximum atomic E-state index is 11.5. The highest BCUT2D eigenvalue weighted by Gasteiger charge is 2.20. The second-order valence-corrected chi connectivity index (χ2v) is 14.4. The van der Waals surface area contributed by atoms with Crippen molar-refractivity contribution in [1.82, 2.24) is 0 Å². The molecule has 0 radical (unpaired) electrons. The van der Waals surface area contributed by atoms with Crippen molar-refractivity contribution in [3.05, 3.63) is 176 Å². The molecule has 0 aliphatic carbocycles. The lowest BCUT2D eigenvalue weighted by atomic mass is 10.0. The highest BCUT2D eigenvalue weighted by atomic mass is 79.9. The van der Waals surface area contributed by atoms with Crippen LogP contribution >= 0.6 is 31.9 Å². The van der Waals surface area contributed by atoms with Gasteiger partial charge in [-0.2, -0.15) is 0 Å². The molecule has 0 fully saturated rings. The topological polar surface area (TPSA) is 198 Å². The van der Waals surface area contributed by atoms with E-state index in [0.717, 1.165) is 22.3 Å². The molecule has 350 valence electrons. The minimum atomic E-state index is -0.825. The molecule has 0 heterocycles. The standard InChI is InChI=1S/C11H12BrNO3.C11H13NO3.C10H11NO3.C10H10O3.C7H7Br/c1-15-11(14)10(13-16-2)9-6-4-3-5-8(9)7-12;1-8-6-4-5-7-9(8)10(12-15-3)11(13)14-2;1-7-5-3-4-6-8(7)9(11-13)10(12)14-2;1-7-5-3-4-6-8(7)9(11)10(12)13-2;1-6-4-2-3-5-7(6)8/h3-6H,7H2,1-2H3;4-7H,1-3H3;3-6,13H,1-2H3;3-6H,1-2H3;2-5H,1H3/b13-10+;12-10+;11-9+;;. The van der Waals surface area contributed by atoms with Crippen molar-refractivity contribution in [2.24, 2.45) is 15.5 Å². The monoisotopic (exact) mass is 1030 g/mol. The van der Waals surface area contributed by atoms with Gasteiger partial charge in [-0.1, -0.05) is 163 Å². The molecule has 0 atom stereocenters. The van der Waals surface area contributed by atoms with Gasteiger partial charge < -0.3 is 33.8 Å². The largest absolute Gasteiger partial charge is 0.464 e. The van der Waals surface area contributed by atoms with Gasteiger partial charge in [0.15, 0.2) is 17.1 Å². The Morgan fingerprint density at radius 1 is 0.455 bits per heavy atom. The molecule has 5 aromatic rings. The molecule has 0 saturated heterocycles. The van der Waals surface area contributed by atoms with E-state index in [0.29, 0.717) is 27.6 Å². The van der Waals surface area contributed by atoms with Crippen molar-refractivity contribution in [3.8, 4) is 0 Å². The summed E-state index contributed by atoms with van der Waals surface area (Å²) in [7, 11) is 7.83. The van der Waals surface area contributed by atoms with Gasteiger partial charge in [-0.25, -0.2) is 19.2 Å². The second kappa shape index (κ2) is 31.8. The zero-order chi connectivity index (χ0) is 49.6. The summed E-state index contributed by atoms with van der Waals surface area (Å²) in [6, 6.07) is 37.0. The van der Waals surface area contributed by atoms with E-state index in [9.17, 15) is 24.0 Å². The fraction of sp³-hybridized carbons (Fsp3) is 0.224. The Bertz CT molecular complexity index is 2450. The van der Waals surface area contributed by atoms with E-state index in [2.05, 4.69) is 88.9 Å². The van der Waals surface area contributed by atoms with E-state index < -0.39 is 29.7 Å². The average molecular weight is 1040 g/mol. The first-order valence-corrected chi connectivity index (χ1v) is 21.4. The molecule has 0 spiro atoms. The molecule has 0 unspecified atom stereocenters. The van der Waals surface area contributed by atoms with Crippen molar-refractivity contribution in [1.29, 1.82) is 0 Å². The van der Waals surface area contributed by atoms with Crippen molar-refractivity contribution < 1.29 is 57.8 Å². The number of aryl methyl sites for hydroxylation is 4. The van der Waals surface area contributed by atoms with Gasteiger partial charge >= 0.3 is 23.9 Å². The zero-order valence-electron chi connectivity index (χ0n) is 38.3. The number of rotatable bonds is 11. The lowest BCUT2D eigenvalue weighted by Crippen LogP contribution is -2.19. The van der Waals surface area contributed by atoms with E-state index in [1.807, 2.05) is 86.6 Å². The third-order valence-corrected chi connectivity index (χ3v) is 10.1. The lowest BCUT2D eigenvalue weighted by molar-refractivity contribution is -0.135. The maximum Gasteiger partial charge on any atom is 0.379 e. The van der Waals surface area contributed by atoms with Crippen LogP contribution in [0.5, 0.6) is 0 Å². The van der Waals surface area contributed by atoms with E-state index in [1.54, 1.807) is 49.4 Å². The highest BCUT2D eigenvalue weighted by Crippen LogP contribution is 2.16. The fourth-order valence-corrected chi connectivity index (χ4v) is 5.97. The third-order valence-electron chi connectivity index (χ3n) is 8.66. The van der Waals surface area contributed by atoms with E-state index in [-0.39, 0.29) is 17.1 Å². The first-order valence-electron chi connectivity index (χ1n) is 19.5. The smallest absolute Gasteiger partial charge is 0.379 e. The van der Waals surface area contributed by atoms with Crippen LogP contribution in [0.4, 0.5) is 0 Å². The Labute approximate surface area is 401 Å². The van der Waals surface area contributed by atoms with Gasteiger partial charge in [-0.3, -0.25) is 4.79 Å². The van der Waals surface area contributed by atoms with Crippen molar-refractivity contribution >= 4 is 78.7 Å². The number of hydrogen-bond acceptors (Lipinski definition) is 15. The Kier molecular flexibility index (Phi) is 27.5. The number of benzene rings is 5. The number of carbonyl (C=O) groups excluding carboxylic acids is 5. The van der Waals surface area contributed by atoms with Crippen LogP contribution in [0.1, 0.15) is 54.9 Å². The van der Waals surface area contributed by atoms with E-state index in [4.69, 9.17) is 5.21 Å². The summed E-state index contributed by atoms with van der Waals surface area (Å²) in [5.74, 6) is -3.10. The molecular formula is C49H53Br2N3O12. The number of nitrogens with zero attached hydrogens (tertiary/aromatic N) is 3. The molecule has 66 heavy (non-hydrogen) atoms. The van der Waals surface area contributed by atoms with Crippen LogP contribution in [0.25, 0.3) is 0 Å². The number of alkyl halides is 1. The van der Waals surface area contributed by atoms with Crippen LogP contribution in [-0.2, 0) is 53.1 Å². The number of esters is 4. The first kappa shape index (κ1) is 57.0. The van der Waals surface area contributed by atoms with E-state index >= 15 is 0 Å². The van der Waals surface area contributed by atoms with Gasteiger partial charge in [0, 0.05) is 32.1 Å². The van der Waals surface area contributed by atoms with Crippen LogP contribution in [-0.4, -0.2) is 94.7 Å². The SMILES string of the molecule is CO/N=C(/C(=O)OC)c1ccccc1C.CO/N=C(/C(=O)OC)c1ccccc1CBr.COC(=O)/C(=N/O)c1ccccc1C.COC(=O)C(=O)c1ccccc1C.Cc1ccccc1Br. The number of oxime groups is 3. The van der Waals surface area contributed by atoms with Crippen molar-refractivity contribution in [3.63, 3.8) is 0 Å². The minimum absolute atomic E-state index is 0.0781. The van der Waals surface area contributed by atoms with Gasteiger partial charge in [0.2, 0.25) is 0 Å².